The molecule has 2 aromatic heterocycles. The van der Waals surface area contributed by atoms with Gasteiger partial charge in [-0.2, -0.15) is 0 Å². The van der Waals surface area contributed by atoms with E-state index in [2.05, 4.69) is 9.97 Å². The van der Waals surface area contributed by atoms with E-state index in [1.165, 1.54) is 11.8 Å². The maximum atomic E-state index is 11.0. The molecule has 0 aliphatic heterocycles. The molecule has 18 heavy (non-hydrogen) atoms. The minimum atomic E-state index is -0.441. The Hall–Kier alpha value is -1.68. The van der Waals surface area contributed by atoms with Crippen molar-refractivity contribution in [2.24, 2.45) is 0 Å². The SMILES string of the molecule is CC(C)(C=O)Sc1ccncc1-c1ccncc1. The topological polar surface area (TPSA) is 42.9 Å². The summed E-state index contributed by atoms with van der Waals surface area (Å²) in [6.45, 7) is 3.81. The van der Waals surface area contributed by atoms with E-state index >= 15 is 0 Å². The van der Waals surface area contributed by atoms with Gasteiger partial charge < -0.3 is 4.79 Å². The number of rotatable bonds is 4. The molecule has 3 nitrogen and oxygen atoms in total. The van der Waals surface area contributed by atoms with Crippen molar-refractivity contribution in [2.75, 3.05) is 0 Å². The Labute approximate surface area is 111 Å². The molecule has 0 fully saturated rings. The Morgan fingerprint density at radius 1 is 1.11 bits per heavy atom. The van der Waals surface area contributed by atoms with Crippen LogP contribution in [0.2, 0.25) is 0 Å². The highest BCUT2D eigenvalue weighted by Crippen LogP contribution is 2.37. The van der Waals surface area contributed by atoms with Crippen LogP contribution in [0.3, 0.4) is 0 Å². The summed E-state index contributed by atoms with van der Waals surface area (Å²) in [5.74, 6) is 0. The molecule has 0 atom stereocenters. The third-order valence-electron chi connectivity index (χ3n) is 2.43. The summed E-state index contributed by atoms with van der Waals surface area (Å²) in [5.41, 5.74) is 2.09. The average Bonchev–Trinajstić information content (AvgIpc) is 2.40. The highest BCUT2D eigenvalue weighted by molar-refractivity contribution is 8.01. The van der Waals surface area contributed by atoms with E-state index < -0.39 is 4.75 Å². The molecule has 0 saturated heterocycles. The van der Waals surface area contributed by atoms with Crippen LogP contribution in [-0.4, -0.2) is 21.0 Å². The first-order valence-corrected chi connectivity index (χ1v) is 6.44. The molecule has 2 aromatic rings. The number of nitrogens with zero attached hydrogens (tertiary/aromatic N) is 2. The van der Waals surface area contributed by atoms with Crippen LogP contribution in [-0.2, 0) is 4.79 Å². The van der Waals surface area contributed by atoms with Gasteiger partial charge in [-0.05, 0) is 37.6 Å². The normalized spacial score (nSPS) is 11.2. The van der Waals surface area contributed by atoms with Crippen molar-refractivity contribution >= 4 is 18.0 Å². The standard InChI is InChI=1S/C14H14N2OS/c1-14(2,10-17)18-13-5-8-16-9-12(13)11-3-6-15-7-4-11/h3-10H,1-2H3. The number of carbonyl (C=O) groups is 1. The minimum Gasteiger partial charge on any atom is -0.302 e. The van der Waals surface area contributed by atoms with Gasteiger partial charge in [-0.25, -0.2) is 0 Å². The molecule has 0 bridgehead atoms. The predicted octanol–water partition coefficient (Wildman–Crippen LogP) is 3.21. The number of carbonyl (C=O) groups excluding carboxylic acids is 1. The maximum Gasteiger partial charge on any atom is 0.135 e. The second-order valence-corrected chi connectivity index (χ2v) is 6.13. The van der Waals surface area contributed by atoms with Crippen LogP contribution in [0.1, 0.15) is 13.8 Å². The van der Waals surface area contributed by atoms with Gasteiger partial charge in [0.25, 0.3) is 0 Å². The summed E-state index contributed by atoms with van der Waals surface area (Å²) in [4.78, 5) is 20.2. The largest absolute Gasteiger partial charge is 0.302 e. The van der Waals surface area contributed by atoms with Gasteiger partial charge in [-0.3, -0.25) is 9.97 Å². The number of aldehydes is 1. The van der Waals surface area contributed by atoms with E-state index in [4.69, 9.17) is 0 Å². The van der Waals surface area contributed by atoms with Crippen LogP contribution in [0.25, 0.3) is 11.1 Å². The van der Waals surface area contributed by atoms with Crippen molar-refractivity contribution in [1.29, 1.82) is 0 Å². The molecule has 4 heteroatoms. The summed E-state index contributed by atoms with van der Waals surface area (Å²) in [7, 11) is 0. The number of hydrogen-bond donors (Lipinski definition) is 0. The van der Waals surface area contributed by atoms with Gasteiger partial charge in [-0.15, -0.1) is 11.8 Å². The highest BCUT2D eigenvalue weighted by atomic mass is 32.2. The fourth-order valence-corrected chi connectivity index (χ4v) is 2.55. The number of thioether (sulfide) groups is 1. The van der Waals surface area contributed by atoms with Crippen molar-refractivity contribution in [2.45, 2.75) is 23.5 Å². The smallest absolute Gasteiger partial charge is 0.135 e. The van der Waals surface area contributed by atoms with E-state index in [0.29, 0.717) is 0 Å². The Morgan fingerprint density at radius 3 is 2.44 bits per heavy atom. The van der Waals surface area contributed by atoms with E-state index in [0.717, 1.165) is 22.3 Å². The first-order chi connectivity index (χ1) is 8.62. The lowest BCUT2D eigenvalue weighted by atomic mass is 10.1. The molecule has 2 heterocycles. The molecular weight excluding hydrogens is 244 g/mol. The molecule has 92 valence electrons. The van der Waals surface area contributed by atoms with E-state index in [1.54, 1.807) is 18.6 Å². The number of hydrogen-bond acceptors (Lipinski definition) is 4. The summed E-state index contributed by atoms with van der Waals surface area (Å²) in [6.07, 6.45) is 8.03. The maximum absolute atomic E-state index is 11.0. The monoisotopic (exact) mass is 258 g/mol. The second-order valence-electron chi connectivity index (χ2n) is 4.43. The van der Waals surface area contributed by atoms with Crippen molar-refractivity contribution in [1.82, 2.24) is 9.97 Å². The van der Waals surface area contributed by atoms with Crippen LogP contribution < -0.4 is 0 Å². The molecule has 0 N–H and O–H groups in total. The predicted molar refractivity (Wildman–Crippen MR) is 73.5 cm³/mol. The molecule has 2 rings (SSSR count). The Balaban J connectivity index is 2.41. The zero-order chi connectivity index (χ0) is 13.0. The minimum absolute atomic E-state index is 0.441. The van der Waals surface area contributed by atoms with E-state index in [-0.39, 0.29) is 0 Å². The molecular formula is C14H14N2OS. The van der Waals surface area contributed by atoms with Gasteiger partial charge in [-0.1, -0.05) is 0 Å². The van der Waals surface area contributed by atoms with Crippen molar-refractivity contribution < 1.29 is 4.79 Å². The van der Waals surface area contributed by atoms with Gasteiger partial charge in [0.1, 0.15) is 6.29 Å². The van der Waals surface area contributed by atoms with Crippen LogP contribution in [0.5, 0.6) is 0 Å². The van der Waals surface area contributed by atoms with Crippen LogP contribution in [0.4, 0.5) is 0 Å². The summed E-state index contributed by atoms with van der Waals surface area (Å²) < 4.78 is -0.441. The second kappa shape index (κ2) is 5.31. The van der Waals surface area contributed by atoms with E-state index in [9.17, 15) is 4.79 Å². The molecule has 0 aliphatic rings. The van der Waals surface area contributed by atoms with Crippen molar-refractivity contribution in [3.8, 4) is 11.1 Å². The average molecular weight is 258 g/mol. The van der Waals surface area contributed by atoms with Gasteiger partial charge >= 0.3 is 0 Å². The molecule has 0 amide bonds. The molecule has 0 aliphatic carbocycles. The third-order valence-corrected chi connectivity index (χ3v) is 3.63. The highest BCUT2D eigenvalue weighted by Gasteiger charge is 2.20. The fourth-order valence-electron chi connectivity index (χ4n) is 1.53. The molecule has 0 saturated carbocycles. The van der Waals surface area contributed by atoms with Crippen LogP contribution in [0, 0.1) is 0 Å². The number of pyridine rings is 2. The zero-order valence-electron chi connectivity index (χ0n) is 10.3. The lowest BCUT2D eigenvalue weighted by Gasteiger charge is -2.18. The Bertz CT molecular complexity index is 541. The van der Waals surface area contributed by atoms with Crippen molar-refractivity contribution in [3.63, 3.8) is 0 Å². The van der Waals surface area contributed by atoms with Gasteiger partial charge in [0.15, 0.2) is 0 Å². The molecule has 0 unspecified atom stereocenters. The van der Waals surface area contributed by atoms with Crippen molar-refractivity contribution in [3.05, 3.63) is 43.0 Å². The summed E-state index contributed by atoms with van der Waals surface area (Å²) in [5, 5.41) is 0. The van der Waals surface area contributed by atoms with Crippen LogP contribution >= 0.6 is 11.8 Å². The van der Waals surface area contributed by atoms with Gasteiger partial charge in [0.2, 0.25) is 0 Å². The molecule has 0 radical (unpaired) electrons. The lowest BCUT2D eigenvalue weighted by Crippen LogP contribution is -2.15. The first kappa shape index (κ1) is 12.8. The van der Waals surface area contributed by atoms with Gasteiger partial charge in [0.05, 0.1) is 4.75 Å². The lowest BCUT2D eigenvalue weighted by molar-refractivity contribution is -0.109. The van der Waals surface area contributed by atoms with Crippen LogP contribution in [0.15, 0.2) is 47.9 Å². The third kappa shape index (κ3) is 2.96. The zero-order valence-corrected chi connectivity index (χ0v) is 11.1. The fraction of sp³-hybridized carbons (Fsp3) is 0.214. The molecule has 0 aromatic carbocycles. The summed E-state index contributed by atoms with van der Waals surface area (Å²) in [6, 6.07) is 5.82. The quantitative estimate of drug-likeness (QED) is 0.624. The number of aromatic nitrogens is 2. The first-order valence-electron chi connectivity index (χ1n) is 5.62. The Morgan fingerprint density at radius 2 is 1.78 bits per heavy atom. The molecule has 0 spiro atoms. The Kier molecular flexibility index (Phi) is 3.77. The summed E-state index contributed by atoms with van der Waals surface area (Å²) >= 11 is 1.54. The van der Waals surface area contributed by atoms with Gasteiger partial charge in [0, 0.05) is 35.2 Å². The van der Waals surface area contributed by atoms with E-state index in [1.807, 2.05) is 38.2 Å².